The Labute approximate surface area is 144 Å². The van der Waals surface area contributed by atoms with Crippen molar-refractivity contribution < 1.29 is 9.21 Å². The zero-order chi connectivity index (χ0) is 16.8. The van der Waals surface area contributed by atoms with Crippen LogP contribution >= 0.6 is 12.2 Å². The van der Waals surface area contributed by atoms with Crippen molar-refractivity contribution in [3.05, 3.63) is 78.8 Å². The summed E-state index contributed by atoms with van der Waals surface area (Å²) in [5.74, 6) is -0.0447. The molecule has 3 aromatic rings. The monoisotopic (exact) mass is 337 g/mol. The van der Waals surface area contributed by atoms with E-state index in [1.54, 1.807) is 24.3 Å². The lowest BCUT2D eigenvalue weighted by Gasteiger charge is -2.11. The second-order valence-corrected chi connectivity index (χ2v) is 5.37. The van der Waals surface area contributed by atoms with Gasteiger partial charge in [0.1, 0.15) is 0 Å². The minimum absolute atomic E-state index is 0.259. The molecule has 0 unspecified atom stereocenters. The quantitative estimate of drug-likeness (QED) is 0.618. The first-order chi connectivity index (χ1) is 11.7. The Balaban J connectivity index is 1.62. The minimum atomic E-state index is -0.304. The van der Waals surface area contributed by atoms with Crippen LogP contribution in [0.3, 0.4) is 0 Å². The van der Waals surface area contributed by atoms with Crippen molar-refractivity contribution in [1.82, 2.24) is 0 Å². The Kier molecular flexibility index (Phi) is 4.88. The Morgan fingerprint density at radius 3 is 2.17 bits per heavy atom. The predicted octanol–water partition coefficient (Wildman–Crippen LogP) is 4.34. The third kappa shape index (κ3) is 4.21. The molecule has 5 nitrogen and oxygen atoms in total. The molecule has 1 heterocycles. The molecular weight excluding hydrogens is 322 g/mol. The highest BCUT2D eigenvalue weighted by Gasteiger charge is 2.09. The number of para-hydroxylation sites is 1. The fraction of sp³-hybridized carbons (Fsp3) is 0. The highest BCUT2D eigenvalue weighted by atomic mass is 32.1. The van der Waals surface area contributed by atoms with Crippen LogP contribution in [0.15, 0.2) is 77.4 Å². The molecule has 0 bridgehead atoms. The maximum absolute atomic E-state index is 12.0. The van der Waals surface area contributed by atoms with E-state index in [-0.39, 0.29) is 11.7 Å². The SMILES string of the molecule is O=C(Nc1cccc(NC(=S)Nc2ccccc2)c1)c1ccco1. The van der Waals surface area contributed by atoms with Crippen LogP contribution in [0.2, 0.25) is 0 Å². The molecule has 120 valence electrons. The Hall–Kier alpha value is -3.12. The van der Waals surface area contributed by atoms with Gasteiger partial charge < -0.3 is 20.4 Å². The minimum Gasteiger partial charge on any atom is -0.459 e. The van der Waals surface area contributed by atoms with Gasteiger partial charge in [0.25, 0.3) is 5.91 Å². The summed E-state index contributed by atoms with van der Waals surface area (Å²) in [5.41, 5.74) is 2.31. The molecule has 3 rings (SSSR count). The van der Waals surface area contributed by atoms with E-state index in [0.29, 0.717) is 10.8 Å². The maximum atomic E-state index is 12.0. The lowest BCUT2D eigenvalue weighted by atomic mass is 10.2. The largest absolute Gasteiger partial charge is 0.459 e. The lowest BCUT2D eigenvalue weighted by Crippen LogP contribution is -2.19. The fourth-order valence-electron chi connectivity index (χ4n) is 2.09. The summed E-state index contributed by atoms with van der Waals surface area (Å²) in [4.78, 5) is 12.0. The topological polar surface area (TPSA) is 66.3 Å². The Morgan fingerprint density at radius 1 is 0.792 bits per heavy atom. The van der Waals surface area contributed by atoms with Crippen molar-refractivity contribution in [3.8, 4) is 0 Å². The van der Waals surface area contributed by atoms with Crippen molar-refractivity contribution in [1.29, 1.82) is 0 Å². The molecule has 2 aromatic carbocycles. The van der Waals surface area contributed by atoms with Gasteiger partial charge >= 0.3 is 0 Å². The average molecular weight is 337 g/mol. The summed E-state index contributed by atoms with van der Waals surface area (Å²) in [5, 5.41) is 9.41. The molecule has 0 atom stereocenters. The molecule has 3 N–H and O–H groups in total. The van der Waals surface area contributed by atoms with Crippen molar-refractivity contribution >= 4 is 40.3 Å². The second-order valence-electron chi connectivity index (χ2n) is 4.96. The smallest absolute Gasteiger partial charge is 0.291 e. The van der Waals surface area contributed by atoms with Crippen LogP contribution in [-0.4, -0.2) is 11.0 Å². The van der Waals surface area contributed by atoms with Gasteiger partial charge in [-0.25, -0.2) is 0 Å². The number of nitrogens with one attached hydrogen (secondary N) is 3. The van der Waals surface area contributed by atoms with Gasteiger partial charge in [-0.05, 0) is 54.7 Å². The number of hydrogen-bond acceptors (Lipinski definition) is 3. The van der Waals surface area contributed by atoms with E-state index in [1.807, 2.05) is 42.5 Å². The van der Waals surface area contributed by atoms with E-state index in [9.17, 15) is 4.79 Å². The lowest BCUT2D eigenvalue weighted by molar-refractivity contribution is 0.0996. The molecule has 0 aliphatic rings. The maximum Gasteiger partial charge on any atom is 0.291 e. The third-order valence-electron chi connectivity index (χ3n) is 3.15. The van der Waals surface area contributed by atoms with E-state index < -0.39 is 0 Å². The van der Waals surface area contributed by atoms with Crippen molar-refractivity contribution in [2.24, 2.45) is 0 Å². The van der Waals surface area contributed by atoms with Crippen LogP contribution in [0.1, 0.15) is 10.6 Å². The first-order valence-corrected chi connectivity index (χ1v) is 7.69. The van der Waals surface area contributed by atoms with Crippen LogP contribution < -0.4 is 16.0 Å². The summed E-state index contributed by atoms with van der Waals surface area (Å²) in [7, 11) is 0. The average Bonchev–Trinajstić information content (AvgIpc) is 3.10. The number of rotatable bonds is 4. The first-order valence-electron chi connectivity index (χ1n) is 7.29. The van der Waals surface area contributed by atoms with Gasteiger partial charge in [0.05, 0.1) is 6.26 Å². The first kappa shape index (κ1) is 15.8. The number of amides is 1. The van der Waals surface area contributed by atoms with E-state index in [1.165, 1.54) is 6.26 Å². The second kappa shape index (κ2) is 7.43. The fourth-order valence-corrected chi connectivity index (χ4v) is 2.33. The summed E-state index contributed by atoms with van der Waals surface area (Å²) in [6.07, 6.45) is 1.46. The molecule has 1 amide bonds. The van der Waals surface area contributed by atoms with E-state index in [2.05, 4.69) is 16.0 Å². The molecule has 0 fully saturated rings. The number of benzene rings is 2. The van der Waals surface area contributed by atoms with E-state index in [4.69, 9.17) is 16.6 Å². The number of thiocarbonyl (C=S) groups is 1. The molecule has 0 saturated carbocycles. The molecule has 0 spiro atoms. The van der Waals surface area contributed by atoms with Crippen molar-refractivity contribution in [3.63, 3.8) is 0 Å². The molecular formula is C18H15N3O2S. The van der Waals surface area contributed by atoms with Gasteiger partial charge in [0.2, 0.25) is 0 Å². The highest BCUT2D eigenvalue weighted by molar-refractivity contribution is 7.80. The Morgan fingerprint density at radius 2 is 1.46 bits per heavy atom. The number of carbonyl (C=O) groups is 1. The zero-order valence-corrected chi connectivity index (χ0v) is 13.5. The number of furan rings is 1. The molecule has 0 aliphatic carbocycles. The standard InChI is InChI=1S/C18H15N3O2S/c22-17(16-10-5-11-23-16)19-14-8-4-9-15(12-14)21-18(24)20-13-6-2-1-3-7-13/h1-12H,(H,19,22)(H2,20,21,24). The van der Waals surface area contributed by atoms with Crippen molar-refractivity contribution in [2.45, 2.75) is 0 Å². The summed E-state index contributed by atoms with van der Waals surface area (Å²) >= 11 is 5.29. The van der Waals surface area contributed by atoms with Crippen LogP contribution in [0, 0.1) is 0 Å². The molecule has 6 heteroatoms. The summed E-state index contributed by atoms with van der Waals surface area (Å²) in [6.45, 7) is 0. The van der Waals surface area contributed by atoms with Gasteiger partial charge in [-0.15, -0.1) is 0 Å². The summed E-state index contributed by atoms with van der Waals surface area (Å²) in [6, 6.07) is 20.2. The van der Waals surface area contributed by atoms with Crippen LogP contribution in [0.4, 0.5) is 17.1 Å². The van der Waals surface area contributed by atoms with Crippen LogP contribution in [-0.2, 0) is 0 Å². The van der Waals surface area contributed by atoms with Gasteiger partial charge in [-0.3, -0.25) is 4.79 Å². The normalized spacial score (nSPS) is 10.0. The molecule has 0 aliphatic heterocycles. The van der Waals surface area contributed by atoms with Crippen LogP contribution in [0.25, 0.3) is 0 Å². The van der Waals surface area contributed by atoms with Gasteiger partial charge in [0, 0.05) is 17.1 Å². The van der Waals surface area contributed by atoms with Gasteiger partial charge in [-0.1, -0.05) is 24.3 Å². The number of anilines is 3. The third-order valence-corrected chi connectivity index (χ3v) is 3.36. The van der Waals surface area contributed by atoms with E-state index in [0.717, 1.165) is 11.4 Å². The molecule has 1 aromatic heterocycles. The molecule has 0 radical (unpaired) electrons. The predicted molar refractivity (Wildman–Crippen MR) is 99.4 cm³/mol. The molecule has 0 saturated heterocycles. The highest BCUT2D eigenvalue weighted by Crippen LogP contribution is 2.17. The number of carbonyl (C=O) groups excluding carboxylic acids is 1. The Bertz CT molecular complexity index is 832. The van der Waals surface area contributed by atoms with Crippen LogP contribution in [0.5, 0.6) is 0 Å². The van der Waals surface area contributed by atoms with Gasteiger partial charge in [0.15, 0.2) is 10.9 Å². The van der Waals surface area contributed by atoms with Gasteiger partial charge in [-0.2, -0.15) is 0 Å². The molecule has 24 heavy (non-hydrogen) atoms. The van der Waals surface area contributed by atoms with E-state index >= 15 is 0 Å². The zero-order valence-electron chi connectivity index (χ0n) is 12.7. The number of hydrogen-bond donors (Lipinski definition) is 3. The van der Waals surface area contributed by atoms with Crippen molar-refractivity contribution in [2.75, 3.05) is 16.0 Å². The summed E-state index contributed by atoms with van der Waals surface area (Å²) < 4.78 is 5.07.